The van der Waals surface area contributed by atoms with Gasteiger partial charge < -0.3 is 0 Å². The Morgan fingerprint density at radius 3 is 1.35 bits per heavy atom. The van der Waals surface area contributed by atoms with Crippen LogP contribution in [0.3, 0.4) is 0 Å². The zero-order valence-electron chi connectivity index (χ0n) is 18.6. The summed E-state index contributed by atoms with van der Waals surface area (Å²) in [5, 5.41) is 0. The summed E-state index contributed by atoms with van der Waals surface area (Å²) in [4.78, 5) is 0. The van der Waals surface area contributed by atoms with Crippen molar-refractivity contribution in [2.45, 2.75) is 44.9 Å². The highest BCUT2D eigenvalue weighted by Crippen LogP contribution is 2.48. The van der Waals surface area contributed by atoms with Crippen molar-refractivity contribution in [1.82, 2.24) is 0 Å². The zero-order valence-corrected chi connectivity index (χ0v) is 18.6. The van der Waals surface area contributed by atoms with Crippen molar-refractivity contribution < 1.29 is 0 Å². The molecule has 0 amide bonds. The van der Waals surface area contributed by atoms with E-state index in [1.807, 2.05) is 0 Å². The Balaban J connectivity index is 1.66. The minimum atomic E-state index is 0.106. The molecule has 0 radical (unpaired) electrons. The van der Waals surface area contributed by atoms with Gasteiger partial charge in [0.15, 0.2) is 0 Å². The second-order valence-electron chi connectivity index (χ2n) is 9.08. The minimum absolute atomic E-state index is 0.106. The molecule has 0 aliphatic heterocycles. The van der Waals surface area contributed by atoms with Gasteiger partial charge in [0.1, 0.15) is 0 Å². The van der Waals surface area contributed by atoms with E-state index >= 15 is 0 Å². The van der Waals surface area contributed by atoms with Crippen LogP contribution in [0.25, 0.3) is 22.3 Å². The fourth-order valence-electron chi connectivity index (χ4n) is 5.42. The molecular formula is C31H30. The van der Waals surface area contributed by atoms with E-state index in [2.05, 4.69) is 111 Å². The van der Waals surface area contributed by atoms with Crippen molar-refractivity contribution in [3.05, 3.63) is 119 Å². The fourth-order valence-corrected chi connectivity index (χ4v) is 5.42. The van der Waals surface area contributed by atoms with Crippen LogP contribution in [0, 0.1) is 13.8 Å². The molecule has 0 bridgehead atoms. The Labute approximate surface area is 186 Å². The van der Waals surface area contributed by atoms with E-state index in [0.717, 1.165) is 0 Å². The van der Waals surface area contributed by atoms with Crippen LogP contribution in [0.4, 0.5) is 0 Å². The molecule has 154 valence electrons. The molecule has 0 heteroatoms. The van der Waals surface area contributed by atoms with Crippen LogP contribution in [0.5, 0.6) is 0 Å². The van der Waals surface area contributed by atoms with E-state index in [1.165, 1.54) is 70.2 Å². The van der Waals surface area contributed by atoms with Crippen LogP contribution in [-0.2, 0) is 5.41 Å². The molecule has 1 aliphatic carbocycles. The van der Waals surface area contributed by atoms with Crippen LogP contribution in [0.2, 0.25) is 0 Å². The van der Waals surface area contributed by atoms with Crippen molar-refractivity contribution in [2.75, 3.05) is 0 Å². The predicted octanol–water partition coefficient (Wildman–Crippen LogP) is 8.50. The summed E-state index contributed by atoms with van der Waals surface area (Å²) in [6.07, 6.45) is 5.04. The van der Waals surface area contributed by atoms with Crippen LogP contribution < -0.4 is 0 Å². The monoisotopic (exact) mass is 402 g/mol. The largest absolute Gasteiger partial charge is 0.0622 e. The third-order valence-corrected chi connectivity index (χ3v) is 7.21. The van der Waals surface area contributed by atoms with Gasteiger partial charge in [0.2, 0.25) is 0 Å². The maximum absolute atomic E-state index is 2.47. The van der Waals surface area contributed by atoms with Gasteiger partial charge in [-0.3, -0.25) is 0 Å². The molecule has 0 aromatic heterocycles. The maximum Gasteiger partial charge on any atom is 0.0203 e. The van der Waals surface area contributed by atoms with E-state index in [4.69, 9.17) is 0 Å². The predicted molar refractivity (Wildman–Crippen MR) is 132 cm³/mol. The van der Waals surface area contributed by atoms with Gasteiger partial charge in [0.25, 0.3) is 0 Å². The number of rotatable bonds is 4. The normalized spacial score (nSPS) is 15.2. The van der Waals surface area contributed by atoms with E-state index in [0.29, 0.717) is 0 Å². The molecule has 4 aromatic rings. The first kappa shape index (κ1) is 19.8. The highest BCUT2D eigenvalue weighted by molar-refractivity contribution is 5.71. The molecule has 1 aliphatic rings. The molecule has 5 rings (SSSR count). The van der Waals surface area contributed by atoms with Crippen molar-refractivity contribution in [3.8, 4) is 22.3 Å². The summed E-state index contributed by atoms with van der Waals surface area (Å²) in [5.74, 6) is 0. The summed E-state index contributed by atoms with van der Waals surface area (Å²) in [5.41, 5.74) is 11.1. The van der Waals surface area contributed by atoms with Gasteiger partial charge >= 0.3 is 0 Å². The summed E-state index contributed by atoms with van der Waals surface area (Å²) < 4.78 is 0. The van der Waals surface area contributed by atoms with Gasteiger partial charge in [0.05, 0.1) is 0 Å². The van der Waals surface area contributed by atoms with Gasteiger partial charge in [-0.1, -0.05) is 97.8 Å². The molecule has 0 nitrogen and oxygen atoms in total. The second-order valence-corrected chi connectivity index (χ2v) is 9.08. The van der Waals surface area contributed by atoms with Crippen LogP contribution >= 0.6 is 0 Å². The van der Waals surface area contributed by atoms with Gasteiger partial charge in [-0.15, -0.1) is 0 Å². The molecule has 1 fully saturated rings. The van der Waals surface area contributed by atoms with Crippen molar-refractivity contribution in [3.63, 3.8) is 0 Å². The molecule has 0 unspecified atom stereocenters. The molecule has 0 spiro atoms. The third-order valence-electron chi connectivity index (χ3n) is 7.21. The lowest BCUT2D eigenvalue weighted by molar-refractivity contribution is 0.535. The number of hydrogen-bond acceptors (Lipinski definition) is 0. The van der Waals surface area contributed by atoms with Crippen molar-refractivity contribution in [2.24, 2.45) is 0 Å². The fraction of sp³-hybridized carbons (Fsp3) is 0.226. The van der Waals surface area contributed by atoms with Crippen LogP contribution in [0.1, 0.15) is 47.9 Å². The number of benzene rings is 4. The average Bonchev–Trinajstić information content (AvgIpc) is 3.32. The smallest absolute Gasteiger partial charge is 0.0203 e. The minimum Gasteiger partial charge on any atom is -0.0622 e. The first-order valence-corrected chi connectivity index (χ1v) is 11.5. The Morgan fingerprint density at radius 1 is 0.516 bits per heavy atom. The molecule has 0 heterocycles. The lowest BCUT2D eigenvalue weighted by atomic mass is 9.71. The topological polar surface area (TPSA) is 0 Å². The molecule has 0 atom stereocenters. The summed E-state index contributed by atoms with van der Waals surface area (Å²) >= 11 is 0. The number of aryl methyl sites for hydroxylation is 2. The first-order valence-electron chi connectivity index (χ1n) is 11.5. The van der Waals surface area contributed by atoms with E-state index in [1.54, 1.807) is 0 Å². The van der Waals surface area contributed by atoms with E-state index in [9.17, 15) is 0 Å². The van der Waals surface area contributed by atoms with Gasteiger partial charge in [-0.25, -0.2) is 0 Å². The zero-order chi connectivity index (χ0) is 21.3. The highest BCUT2D eigenvalue weighted by atomic mass is 14.4. The Bertz CT molecular complexity index is 1090. The summed E-state index contributed by atoms with van der Waals surface area (Å²) in [6.45, 7) is 4.46. The quantitative estimate of drug-likeness (QED) is 0.321. The maximum atomic E-state index is 2.47. The summed E-state index contributed by atoms with van der Waals surface area (Å²) in [6, 6.07) is 36.0. The lowest BCUT2D eigenvalue weighted by Gasteiger charge is -2.32. The van der Waals surface area contributed by atoms with E-state index in [-0.39, 0.29) is 5.41 Å². The SMILES string of the molecule is Cc1ccc(C2(c3ccc(C)c(-c4ccccc4)c3)CCCC2)cc1-c1ccccc1. The Kier molecular flexibility index (Phi) is 5.24. The van der Waals surface area contributed by atoms with Gasteiger partial charge in [0, 0.05) is 5.41 Å². The molecule has 0 N–H and O–H groups in total. The molecule has 0 saturated heterocycles. The summed E-state index contributed by atoms with van der Waals surface area (Å²) in [7, 11) is 0. The average molecular weight is 403 g/mol. The second kappa shape index (κ2) is 8.19. The molecule has 1 saturated carbocycles. The standard InChI is InChI=1S/C31H30/c1-23-15-17-27(21-29(23)25-11-5-3-6-12-25)31(19-9-10-20-31)28-18-16-24(2)30(22-28)26-13-7-4-8-14-26/h3-8,11-18,21-22H,9-10,19-20H2,1-2H3. The van der Waals surface area contributed by atoms with Crippen molar-refractivity contribution in [1.29, 1.82) is 0 Å². The molecule has 31 heavy (non-hydrogen) atoms. The Morgan fingerprint density at radius 2 is 0.935 bits per heavy atom. The number of hydrogen-bond donors (Lipinski definition) is 0. The first-order chi connectivity index (χ1) is 15.2. The van der Waals surface area contributed by atoms with E-state index < -0.39 is 0 Å². The molecular weight excluding hydrogens is 372 g/mol. The van der Waals surface area contributed by atoms with Gasteiger partial charge in [-0.2, -0.15) is 0 Å². The Hall–Kier alpha value is -3.12. The third kappa shape index (κ3) is 3.61. The van der Waals surface area contributed by atoms with Crippen LogP contribution in [-0.4, -0.2) is 0 Å². The van der Waals surface area contributed by atoms with Crippen LogP contribution in [0.15, 0.2) is 97.1 Å². The molecule has 4 aromatic carbocycles. The van der Waals surface area contributed by atoms with Crippen molar-refractivity contribution >= 4 is 0 Å². The lowest BCUT2D eigenvalue weighted by Crippen LogP contribution is -2.24. The highest BCUT2D eigenvalue weighted by Gasteiger charge is 2.38. The van der Waals surface area contributed by atoms with Gasteiger partial charge in [-0.05, 0) is 83.3 Å².